The molecule has 0 atom stereocenters. The second kappa shape index (κ2) is 18.3. The maximum Gasteiger partial charge on any atom is 0.305 e. The van der Waals surface area contributed by atoms with Gasteiger partial charge in [-0.3, -0.25) is 9.59 Å². The Labute approximate surface area is 148 Å². The van der Waals surface area contributed by atoms with Gasteiger partial charge in [-0.1, -0.05) is 78.1 Å². The maximum atomic E-state index is 11.5. The van der Waals surface area contributed by atoms with Gasteiger partial charge in [-0.05, 0) is 12.8 Å². The van der Waals surface area contributed by atoms with E-state index in [2.05, 4.69) is 13.8 Å². The number of carbonyl (C=O) groups excluding carboxylic acids is 2. The van der Waals surface area contributed by atoms with Crippen LogP contribution >= 0.6 is 0 Å². The summed E-state index contributed by atoms with van der Waals surface area (Å²) in [7, 11) is 0. The zero-order valence-corrected chi connectivity index (χ0v) is 15.9. The number of hydrogen-bond acceptors (Lipinski definition) is 4. The molecular formula is C20H38O4. The van der Waals surface area contributed by atoms with Crippen LogP contribution in [-0.2, 0) is 19.1 Å². The Bertz CT molecular complexity index is 302. The lowest BCUT2D eigenvalue weighted by atomic mass is 10.1. The fourth-order valence-electron chi connectivity index (χ4n) is 2.55. The summed E-state index contributed by atoms with van der Waals surface area (Å²) in [4.78, 5) is 23.0. The molecule has 0 unspecified atom stereocenters. The van der Waals surface area contributed by atoms with E-state index in [4.69, 9.17) is 9.47 Å². The minimum Gasteiger partial charge on any atom is -0.462 e. The third-order valence-electron chi connectivity index (χ3n) is 4.08. The summed E-state index contributed by atoms with van der Waals surface area (Å²) in [5, 5.41) is 0. The van der Waals surface area contributed by atoms with Crippen molar-refractivity contribution in [1.29, 1.82) is 0 Å². The molecule has 0 saturated carbocycles. The van der Waals surface area contributed by atoms with Crippen LogP contribution in [0, 0.1) is 0 Å². The van der Waals surface area contributed by atoms with Gasteiger partial charge >= 0.3 is 11.9 Å². The lowest BCUT2D eigenvalue weighted by Gasteiger charge is -2.06. The maximum absolute atomic E-state index is 11.5. The lowest BCUT2D eigenvalue weighted by Crippen LogP contribution is -2.13. The molecule has 0 amide bonds. The van der Waals surface area contributed by atoms with Crippen LogP contribution in [0.1, 0.15) is 104 Å². The Balaban J connectivity index is 3.31. The predicted octanol–water partition coefficient (Wildman–Crippen LogP) is 5.57. The molecular weight excluding hydrogens is 304 g/mol. The molecule has 0 bridgehead atoms. The summed E-state index contributed by atoms with van der Waals surface area (Å²) in [6.45, 7) is 4.73. The molecule has 4 nitrogen and oxygen atoms in total. The molecule has 0 spiro atoms. The molecule has 0 aliphatic rings. The van der Waals surface area contributed by atoms with E-state index in [1.807, 2.05) is 0 Å². The van der Waals surface area contributed by atoms with E-state index in [-0.39, 0.29) is 25.2 Å². The average Bonchev–Trinajstić information content (AvgIpc) is 2.58. The third kappa shape index (κ3) is 17.3. The number of ether oxygens (including phenoxy) is 2. The van der Waals surface area contributed by atoms with E-state index in [0.29, 0.717) is 12.8 Å². The molecule has 142 valence electrons. The number of unbranched alkanes of at least 4 members (excludes halogenated alkanes) is 10. The van der Waals surface area contributed by atoms with Gasteiger partial charge in [-0.15, -0.1) is 0 Å². The van der Waals surface area contributed by atoms with Crippen molar-refractivity contribution in [2.45, 2.75) is 104 Å². The summed E-state index contributed by atoms with van der Waals surface area (Å²) < 4.78 is 10.1. The smallest absolute Gasteiger partial charge is 0.305 e. The molecule has 0 saturated heterocycles. The quantitative estimate of drug-likeness (QED) is 0.256. The van der Waals surface area contributed by atoms with Crippen molar-refractivity contribution in [2.75, 3.05) is 13.2 Å². The van der Waals surface area contributed by atoms with Gasteiger partial charge in [0, 0.05) is 12.8 Å². The first-order chi connectivity index (χ1) is 11.7. The van der Waals surface area contributed by atoms with Crippen LogP contribution in [0.5, 0.6) is 0 Å². The predicted molar refractivity (Wildman–Crippen MR) is 97.9 cm³/mol. The highest BCUT2D eigenvalue weighted by Gasteiger charge is 2.05. The van der Waals surface area contributed by atoms with Gasteiger partial charge in [-0.25, -0.2) is 0 Å². The van der Waals surface area contributed by atoms with Crippen molar-refractivity contribution < 1.29 is 19.1 Å². The number of esters is 2. The van der Waals surface area contributed by atoms with Crippen LogP contribution in [-0.4, -0.2) is 25.2 Å². The van der Waals surface area contributed by atoms with Crippen molar-refractivity contribution in [3.63, 3.8) is 0 Å². The molecule has 0 N–H and O–H groups in total. The number of carbonyl (C=O) groups is 2. The van der Waals surface area contributed by atoms with E-state index in [1.165, 1.54) is 51.4 Å². The average molecular weight is 343 g/mol. The Kier molecular flexibility index (Phi) is 17.5. The largest absolute Gasteiger partial charge is 0.462 e. The Morgan fingerprint density at radius 3 is 1.25 bits per heavy atom. The first-order valence-electron chi connectivity index (χ1n) is 10.0. The van der Waals surface area contributed by atoms with Gasteiger partial charge in [0.25, 0.3) is 0 Å². The molecule has 0 aromatic heterocycles. The zero-order valence-electron chi connectivity index (χ0n) is 15.9. The molecule has 0 heterocycles. The van der Waals surface area contributed by atoms with Gasteiger partial charge in [0.2, 0.25) is 0 Å². The Morgan fingerprint density at radius 2 is 0.875 bits per heavy atom. The van der Waals surface area contributed by atoms with Crippen LogP contribution in [0.4, 0.5) is 0 Å². The highest BCUT2D eigenvalue weighted by Crippen LogP contribution is 2.09. The van der Waals surface area contributed by atoms with Gasteiger partial charge in [0.1, 0.15) is 13.2 Å². The fourth-order valence-corrected chi connectivity index (χ4v) is 2.55. The number of rotatable bonds is 17. The van der Waals surface area contributed by atoms with E-state index >= 15 is 0 Å². The molecule has 0 aromatic rings. The van der Waals surface area contributed by atoms with Gasteiger partial charge in [0.05, 0.1) is 0 Å². The summed E-state index contributed by atoms with van der Waals surface area (Å²) in [6.07, 6.45) is 14.8. The molecule has 0 rings (SSSR count). The van der Waals surface area contributed by atoms with Crippen LogP contribution < -0.4 is 0 Å². The summed E-state index contributed by atoms with van der Waals surface area (Å²) in [5.41, 5.74) is 0. The third-order valence-corrected chi connectivity index (χ3v) is 4.08. The van der Waals surface area contributed by atoms with Crippen LogP contribution in [0.3, 0.4) is 0 Å². The van der Waals surface area contributed by atoms with Gasteiger partial charge in [0.15, 0.2) is 0 Å². The Hall–Kier alpha value is -1.06. The molecule has 0 aromatic carbocycles. The summed E-state index contributed by atoms with van der Waals surface area (Å²) in [5.74, 6) is -0.367. The highest BCUT2D eigenvalue weighted by atomic mass is 16.6. The van der Waals surface area contributed by atoms with Crippen molar-refractivity contribution in [2.24, 2.45) is 0 Å². The van der Waals surface area contributed by atoms with Crippen LogP contribution in [0.2, 0.25) is 0 Å². The molecule has 0 aliphatic carbocycles. The zero-order chi connectivity index (χ0) is 17.9. The summed E-state index contributed by atoms with van der Waals surface area (Å²) in [6, 6.07) is 0. The normalized spacial score (nSPS) is 10.6. The minimum atomic E-state index is -0.186. The second-order valence-corrected chi connectivity index (χ2v) is 6.48. The second-order valence-electron chi connectivity index (χ2n) is 6.48. The highest BCUT2D eigenvalue weighted by molar-refractivity contribution is 5.70. The Morgan fingerprint density at radius 1 is 0.542 bits per heavy atom. The van der Waals surface area contributed by atoms with Crippen molar-refractivity contribution >= 4 is 11.9 Å². The molecule has 24 heavy (non-hydrogen) atoms. The first-order valence-corrected chi connectivity index (χ1v) is 10.0. The van der Waals surface area contributed by atoms with Gasteiger partial charge < -0.3 is 9.47 Å². The topological polar surface area (TPSA) is 52.6 Å². The SMILES string of the molecule is CCCCCCCCCC(=O)OCCOC(=O)CCCCCCC. The first kappa shape index (κ1) is 22.9. The number of hydrogen-bond donors (Lipinski definition) is 0. The van der Waals surface area contributed by atoms with Crippen molar-refractivity contribution in [3.05, 3.63) is 0 Å². The van der Waals surface area contributed by atoms with Crippen molar-refractivity contribution in [1.82, 2.24) is 0 Å². The van der Waals surface area contributed by atoms with E-state index in [9.17, 15) is 9.59 Å². The standard InChI is InChI=1S/C20H38O4/c1-3-5-7-9-10-12-14-16-20(22)24-18-17-23-19(21)15-13-11-8-6-4-2/h3-18H2,1-2H3. The molecule has 4 heteroatoms. The monoisotopic (exact) mass is 342 g/mol. The van der Waals surface area contributed by atoms with Crippen LogP contribution in [0.25, 0.3) is 0 Å². The summed E-state index contributed by atoms with van der Waals surface area (Å²) >= 11 is 0. The molecule has 0 fully saturated rings. The molecule has 0 aliphatic heterocycles. The van der Waals surface area contributed by atoms with Crippen LogP contribution in [0.15, 0.2) is 0 Å². The fraction of sp³-hybridized carbons (Fsp3) is 0.900. The van der Waals surface area contributed by atoms with Gasteiger partial charge in [-0.2, -0.15) is 0 Å². The lowest BCUT2D eigenvalue weighted by molar-refractivity contribution is -0.152. The van der Waals surface area contributed by atoms with E-state index < -0.39 is 0 Å². The minimum absolute atomic E-state index is 0.177. The van der Waals surface area contributed by atoms with E-state index in [0.717, 1.165) is 25.7 Å². The van der Waals surface area contributed by atoms with E-state index in [1.54, 1.807) is 0 Å². The molecule has 0 radical (unpaired) electrons. The van der Waals surface area contributed by atoms with Crippen molar-refractivity contribution in [3.8, 4) is 0 Å².